The monoisotopic (exact) mass is 379 g/mol. The van der Waals surface area contributed by atoms with Gasteiger partial charge in [0.05, 0.1) is 18.0 Å². The highest BCUT2D eigenvalue weighted by molar-refractivity contribution is 6.01. The standard InChI is InChI=1S/C21H21N3O4/c1-4-27-18-12-10-16(11-13-18)20(25)15(3)28-21(26)19-14(2)22-24(23-19)17-8-6-5-7-9-17/h5-13,15H,4H2,1-3H3/t15-/m1/s1. The highest BCUT2D eigenvalue weighted by Crippen LogP contribution is 2.16. The lowest BCUT2D eigenvalue weighted by atomic mass is 10.1. The van der Waals surface area contributed by atoms with Gasteiger partial charge in [0.15, 0.2) is 11.8 Å². The quantitative estimate of drug-likeness (QED) is 0.462. The van der Waals surface area contributed by atoms with E-state index in [9.17, 15) is 9.59 Å². The van der Waals surface area contributed by atoms with Crippen LogP contribution in [0.25, 0.3) is 5.69 Å². The molecule has 3 rings (SSSR count). The van der Waals surface area contributed by atoms with Crippen LogP contribution in [0, 0.1) is 6.92 Å². The van der Waals surface area contributed by atoms with Gasteiger partial charge < -0.3 is 9.47 Å². The molecule has 0 N–H and O–H groups in total. The van der Waals surface area contributed by atoms with E-state index < -0.39 is 12.1 Å². The van der Waals surface area contributed by atoms with Gasteiger partial charge in [0, 0.05) is 5.56 Å². The number of rotatable bonds is 7. The van der Waals surface area contributed by atoms with Crippen LogP contribution in [0.5, 0.6) is 5.75 Å². The summed E-state index contributed by atoms with van der Waals surface area (Å²) >= 11 is 0. The first kappa shape index (κ1) is 19.3. The van der Waals surface area contributed by atoms with Crippen LogP contribution >= 0.6 is 0 Å². The van der Waals surface area contributed by atoms with E-state index in [1.807, 2.05) is 37.3 Å². The average Bonchev–Trinajstić information content (AvgIpc) is 3.11. The van der Waals surface area contributed by atoms with Crippen LogP contribution in [0.15, 0.2) is 54.6 Å². The minimum Gasteiger partial charge on any atom is -0.494 e. The Bertz CT molecular complexity index is 965. The lowest BCUT2D eigenvalue weighted by molar-refractivity contribution is 0.0312. The Hall–Kier alpha value is -3.48. The molecule has 2 aromatic carbocycles. The predicted molar refractivity (Wildman–Crippen MR) is 103 cm³/mol. The number of aromatic nitrogens is 3. The number of nitrogens with zero attached hydrogens (tertiary/aromatic N) is 3. The van der Waals surface area contributed by atoms with Crippen molar-refractivity contribution in [2.45, 2.75) is 26.9 Å². The van der Waals surface area contributed by atoms with Crippen LogP contribution in [-0.4, -0.2) is 39.5 Å². The Labute approximate surface area is 162 Å². The molecule has 0 spiro atoms. The van der Waals surface area contributed by atoms with Crippen molar-refractivity contribution in [3.05, 3.63) is 71.5 Å². The van der Waals surface area contributed by atoms with Crippen molar-refractivity contribution >= 4 is 11.8 Å². The molecule has 0 saturated heterocycles. The molecule has 7 heteroatoms. The molecule has 0 saturated carbocycles. The van der Waals surface area contributed by atoms with Crippen molar-refractivity contribution in [3.63, 3.8) is 0 Å². The zero-order valence-corrected chi connectivity index (χ0v) is 16.0. The normalized spacial score (nSPS) is 11.7. The molecule has 0 amide bonds. The molecule has 1 atom stereocenters. The minimum absolute atomic E-state index is 0.0789. The topological polar surface area (TPSA) is 83.3 Å². The van der Waals surface area contributed by atoms with Gasteiger partial charge in [0.25, 0.3) is 0 Å². The summed E-state index contributed by atoms with van der Waals surface area (Å²) in [7, 11) is 0. The fourth-order valence-corrected chi connectivity index (χ4v) is 2.63. The van der Waals surface area contributed by atoms with E-state index in [1.165, 1.54) is 11.7 Å². The van der Waals surface area contributed by atoms with Crippen LogP contribution < -0.4 is 4.74 Å². The maximum Gasteiger partial charge on any atom is 0.361 e. The summed E-state index contributed by atoms with van der Waals surface area (Å²) in [5, 5.41) is 8.45. The molecule has 3 aromatic rings. The molecule has 0 bridgehead atoms. The molecule has 0 radical (unpaired) electrons. The second-order valence-electron chi connectivity index (χ2n) is 6.13. The van der Waals surface area contributed by atoms with Crippen molar-refractivity contribution in [2.24, 2.45) is 0 Å². The molecule has 0 aliphatic carbocycles. The van der Waals surface area contributed by atoms with Crippen molar-refractivity contribution in [1.82, 2.24) is 15.0 Å². The highest BCUT2D eigenvalue weighted by atomic mass is 16.5. The van der Waals surface area contributed by atoms with E-state index in [0.717, 1.165) is 5.69 Å². The van der Waals surface area contributed by atoms with Crippen molar-refractivity contribution in [1.29, 1.82) is 0 Å². The smallest absolute Gasteiger partial charge is 0.361 e. The van der Waals surface area contributed by atoms with Crippen LogP contribution in [0.1, 0.15) is 40.4 Å². The molecule has 28 heavy (non-hydrogen) atoms. The Morgan fingerprint density at radius 2 is 1.71 bits per heavy atom. The van der Waals surface area contributed by atoms with Crippen LogP contribution in [0.3, 0.4) is 0 Å². The molecule has 0 unspecified atom stereocenters. The molecular formula is C21H21N3O4. The summed E-state index contributed by atoms with van der Waals surface area (Å²) in [6.07, 6.45) is -0.952. The van der Waals surface area contributed by atoms with Gasteiger partial charge in [-0.3, -0.25) is 4.79 Å². The Morgan fingerprint density at radius 3 is 2.36 bits per heavy atom. The van der Waals surface area contributed by atoms with Crippen molar-refractivity contribution < 1.29 is 19.1 Å². The number of carbonyl (C=O) groups excluding carboxylic acids is 2. The van der Waals surface area contributed by atoms with Crippen LogP contribution in [-0.2, 0) is 4.74 Å². The second-order valence-corrected chi connectivity index (χ2v) is 6.13. The van der Waals surface area contributed by atoms with E-state index in [1.54, 1.807) is 31.2 Å². The number of Topliss-reactive ketones (excluding diaryl/α,β-unsaturated/α-hetero) is 1. The fourth-order valence-electron chi connectivity index (χ4n) is 2.63. The number of carbonyl (C=O) groups is 2. The number of hydrogen-bond donors (Lipinski definition) is 0. The highest BCUT2D eigenvalue weighted by Gasteiger charge is 2.24. The summed E-state index contributed by atoms with van der Waals surface area (Å²) in [6.45, 7) is 5.64. The first-order chi connectivity index (χ1) is 13.5. The molecule has 144 valence electrons. The third kappa shape index (κ3) is 4.25. The zero-order chi connectivity index (χ0) is 20.1. The van der Waals surface area contributed by atoms with E-state index in [2.05, 4.69) is 10.2 Å². The number of ketones is 1. The van der Waals surface area contributed by atoms with E-state index in [0.29, 0.717) is 23.6 Å². The maximum atomic E-state index is 12.5. The number of benzene rings is 2. The number of para-hydroxylation sites is 1. The Balaban J connectivity index is 1.70. The predicted octanol–water partition coefficient (Wildman–Crippen LogP) is 3.40. The summed E-state index contributed by atoms with van der Waals surface area (Å²) in [5.41, 5.74) is 1.67. The van der Waals surface area contributed by atoms with Gasteiger partial charge in [-0.2, -0.15) is 9.90 Å². The maximum absolute atomic E-state index is 12.5. The fraction of sp³-hybridized carbons (Fsp3) is 0.238. The molecule has 1 aromatic heterocycles. The summed E-state index contributed by atoms with van der Waals surface area (Å²) in [5.74, 6) is -0.312. The lowest BCUT2D eigenvalue weighted by Gasteiger charge is -2.12. The van der Waals surface area contributed by atoms with Crippen LogP contribution in [0.2, 0.25) is 0 Å². The first-order valence-electron chi connectivity index (χ1n) is 8.97. The van der Waals surface area contributed by atoms with Gasteiger partial charge in [0.1, 0.15) is 5.75 Å². The Morgan fingerprint density at radius 1 is 1.04 bits per heavy atom. The van der Waals surface area contributed by atoms with Crippen LogP contribution in [0.4, 0.5) is 0 Å². The second kappa shape index (κ2) is 8.47. The molecule has 0 fully saturated rings. The Kier molecular flexibility index (Phi) is 5.84. The van der Waals surface area contributed by atoms with E-state index in [4.69, 9.17) is 9.47 Å². The lowest BCUT2D eigenvalue weighted by Crippen LogP contribution is -2.25. The number of ether oxygens (including phenoxy) is 2. The average molecular weight is 379 g/mol. The first-order valence-corrected chi connectivity index (χ1v) is 8.97. The van der Waals surface area contributed by atoms with Gasteiger partial charge in [-0.25, -0.2) is 4.79 Å². The summed E-state index contributed by atoms with van der Waals surface area (Å²) in [6, 6.07) is 15.9. The van der Waals surface area contributed by atoms with Gasteiger partial charge in [-0.05, 0) is 57.2 Å². The number of hydrogen-bond acceptors (Lipinski definition) is 6. The van der Waals surface area contributed by atoms with Crippen molar-refractivity contribution in [3.8, 4) is 11.4 Å². The van der Waals surface area contributed by atoms with E-state index in [-0.39, 0.29) is 11.5 Å². The van der Waals surface area contributed by atoms with Gasteiger partial charge >= 0.3 is 5.97 Å². The molecule has 0 aliphatic rings. The largest absolute Gasteiger partial charge is 0.494 e. The molecular weight excluding hydrogens is 358 g/mol. The summed E-state index contributed by atoms with van der Waals surface area (Å²) < 4.78 is 10.7. The van der Waals surface area contributed by atoms with E-state index >= 15 is 0 Å². The number of aryl methyl sites for hydroxylation is 1. The van der Waals surface area contributed by atoms with Crippen molar-refractivity contribution in [2.75, 3.05) is 6.61 Å². The van der Waals surface area contributed by atoms with Gasteiger partial charge in [0.2, 0.25) is 5.78 Å². The molecule has 1 heterocycles. The molecule has 7 nitrogen and oxygen atoms in total. The molecule has 0 aliphatic heterocycles. The SMILES string of the molecule is CCOc1ccc(C(=O)[C@@H](C)OC(=O)c2nn(-c3ccccc3)nc2C)cc1. The zero-order valence-electron chi connectivity index (χ0n) is 16.0. The minimum atomic E-state index is -0.952. The van der Waals surface area contributed by atoms with Gasteiger partial charge in [-0.1, -0.05) is 18.2 Å². The third-order valence-corrected chi connectivity index (χ3v) is 4.07. The summed E-state index contributed by atoms with van der Waals surface area (Å²) in [4.78, 5) is 26.4. The van der Waals surface area contributed by atoms with Gasteiger partial charge in [-0.15, -0.1) is 5.10 Å². The number of esters is 1. The third-order valence-electron chi connectivity index (χ3n) is 4.07.